The van der Waals surface area contributed by atoms with E-state index < -0.39 is 0 Å². The van der Waals surface area contributed by atoms with Gasteiger partial charge in [-0.15, -0.1) is 0 Å². The van der Waals surface area contributed by atoms with E-state index in [2.05, 4.69) is 14.1 Å². The van der Waals surface area contributed by atoms with E-state index in [-0.39, 0.29) is 6.04 Å². The van der Waals surface area contributed by atoms with E-state index in [9.17, 15) is 0 Å². The van der Waals surface area contributed by atoms with E-state index in [0.29, 0.717) is 16.5 Å². The summed E-state index contributed by atoms with van der Waals surface area (Å²) in [5.74, 6) is 0. The number of aromatic nitrogens is 2. The first kappa shape index (κ1) is 12.8. The molecule has 2 aromatic rings. The van der Waals surface area contributed by atoms with Crippen LogP contribution in [0.4, 0.5) is 0 Å². The molecule has 0 amide bonds. The minimum atomic E-state index is 0.0751. The van der Waals surface area contributed by atoms with E-state index in [1.54, 1.807) is 6.20 Å². The topological polar surface area (TPSA) is 37.8 Å². The van der Waals surface area contributed by atoms with E-state index >= 15 is 0 Å². The number of benzene rings is 1. The molecule has 2 rings (SSSR count). The van der Waals surface area contributed by atoms with Crippen molar-refractivity contribution in [3.8, 4) is 0 Å². The van der Waals surface area contributed by atoms with E-state index in [4.69, 9.17) is 23.2 Å². The fraction of sp³-hybridized carbons (Fsp3) is 0.273. The predicted molar refractivity (Wildman–Crippen MR) is 71.9 cm³/mol. The maximum Gasteiger partial charge on any atom is 0.0915 e. The summed E-state index contributed by atoms with van der Waals surface area (Å²) in [6.07, 6.45) is 2.46. The third-order valence-electron chi connectivity index (χ3n) is 2.55. The van der Waals surface area contributed by atoms with Crippen molar-refractivity contribution in [2.45, 2.75) is 12.5 Å². The van der Waals surface area contributed by atoms with Gasteiger partial charge in [-0.05, 0) is 31.2 Å². The number of nitrogens with one attached hydrogen (secondary N) is 1. The van der Waals surface area contributed by atoms with Crippen LogP contribution in [-0.4, -0.2) is 15.8 Å². The first-order valence-electron chi connectivity index (χ1n) is 5.10. The van der Waals surface area contributed by atoms with Gasteiger partial charge < -0.3 is 5.32 Å². The highest BCUT2D eigenvalue weighted by molar-refractivity contribution is 6.99. The molecule has 0 saturated heterocycles. The van der Waals surface area contributed by atoms with Gasteiger partial charge in [-0.1, -0.05) is 29.3 Å². The predicted octanol–water partition coefficient (Wildman–Crippen LogP) is 3.35. The van der Waals surface area contributed by atoms with Gasteiger partial charge >= 0.3 is 0 Å². The van der Waals surface area contributed by atoms with Crippen LogP contribution in [0.5, 0.6) is 0 Å². The number of halogens is 2. The normalized spacial score (nSPS) is 12.6. The molecular formula is C11H11Cl2N3S. The Labute approximate surface area is 114 Å². The molecule has 1 N–H and O–H groups in total. The van der Waals surface area contributed by atoms with Crippen LogP contribution < -0.4 is 5.32 Å². The Morgan fingerprint density at radius 2 is 2.06 bits per heavy atom. The van der Waals surface area contributed by atoms with Crippen molar-refractivity contribution >= 4 is 34.9 Å². The average molecular weight is 288 g/mol. The van der Waals surface area contributed by atoms with Crippen LogP contribution in [0, 0.1) is 0 Å². The van der Waals surface area contributed by atoms with E-state index in [0.717, 1.165) is 11.3 Å². The monoisotopic (exact) mass is 287 g/mol. The molecule has 0 fully saturated rings. The molecule has 90 valence electrons. The van der Waals surface area contributed by atoms with Crippen molar-refractivity contribution in [1.82, 2.24) is 14.1 Å². The number of nitrogens with zero attached hydrogens (tertiary/aromatic N) is 2. The second-order valence-corrected chi connectivity index (χ2v) is 4.95. The van der Waals surface area contributed by atoms with Gasteiger partial charge in [0.05, 0.1) is 29.7 Å². The minimum Gasteiger partial charge on any atom is -0.311 e. The van der Waals surface area contributed by atoms with Crippen molar-refractivity contribution in [2.24, 2.45) is 0 Å². The summed E-state index contributed by atoms with van der Waals surface area (Å²) in [5.41, 5.74) is 1.84. The Morgan fingerprint density at radius 3 is 2.59 bits per heavy atom. The number of likely N-dealkylation sites (N-methyl/N-ethyl adjacent to an activating group) is 1. The van der Waals surface area contributed by atoms with Crippen LogP contribution in [0.3, 0.4) is 0 Å². The van der Waals surface area contributed by atoms with Crippen LogP contribution in [0.2, 0.25) is 10.0 Å². The summed E-state index contributed by atoms with van der Waals surface area (Å²) in [6, 6.07) is 5.60. The SMILES string of the molecule is CNC(Cc1c(Cl)cccc1Cl)c1cnsn1. The second kappa shape index (κ2) is 5.78. The van der Waals surface area contributed by atoms with Crippen molar-refractivity contribution in [3.05, 3.63) is 45.7 Å². The highest BCUT2D eigenvalue weighted by atomic mass is 35.5. The fourth-order valence-corrected chi connectivity index (χ4v) is 2.63. The third-order valence-corrected chi connectivity index (χ3v) is 3.75. The molecule has 6 heteroatoms. The Balaban J connectivity index is 2.25. The van der Waals surface area contributed by atoms with E-state index in [1.165, 1.54) is 11.7 Å². The van der Waals surface area contributed by atoms with Crippen LogP contribution in [0.25, 0.3) is 0 Å². The van der Waals surface area contributed by atoms with Gasteiger partial charge in [0.25, 0.3) is 0 Å². The number of hydrogen-bond acceptors (Lipinski definition) is 4. The molecule has 0 saturated carbocycles. The molecule has 0 aliphatic heterocycles. The Bertz CT molecular complexity index is 467. The summed E-state index contributed by atoms with van der Waals surface area (Å²) < 4.78 is 8.23. The molecule has 17 heavy (non-hydrogen) atoms. The van der Waals surface area contributed by atoms with Crippen molar-refractivity contribution in [1.29, 1.82) is 0 Å². The number of hydrogen-bond donors (Lipinski definition) is 1. The summed E-state index contributed by atoms with van der Waals surface area (Å²) in [4.78, 5) is 0. The molecule has 0 aliphatic carbocycles. The van der Waals surface area contributed by atoms with Gasteiger partial charge in [0.15, 0.2) is 0 Å². The van der Waals surface area contributed by atoms with Gasteiger partial charge in [-0.3, -0.25) is 0 Å². The zero-order chi connectivity index (χ0) is 12.3. The molecule has 1 heterocycles. The summed E-state index contributed by atoms with van der Waals surface area (Å²) in [7, 11) is 1.88. The van der Waals surface area contributed by atoms with Crippen molar-refractivity contribution < 1.29 is 0 Å². The zero-order valence-electron chi connectivity index (χ0n) is 9.15. The lowest BCUT2D eigenvalue weighted by molar-refractivity contribution is 0.580. The van der Waals surface area contributed by atoms with Gasteiger partial charge in [-0.25, -0.2) is 0 Å². The van der Waals surface area contributed by atoms with Crippen molar-refractivity contribution in [2.75, 3.05) is 7.05 Å². The highest BCUT2D eigenvalue weighted by Gasteiger charge is 2.16. The first-order chi connectivity index (χ1) is 8.22. The standard InChI is InChI=1S/C11H11Cl2N3S/c1-14-10(11-6-15-17-16-11)5-7-8(12)3-2-4-9(7)13/h2-4,6,10,14H,5H2,1H3. The molecule has 3 nitrogen and oxygen atoms in total. The third kappa shape index (κ3) is 2.96. The van der Waals surface area contributed by atoms with Crippen LogP contribution in [-0.2, 0) is 6.42 Å². The average Bonchev–Trinajstić information content (AvgIpc) is 2.82. The summed E-state index contributed by atoms with van der Waals surface area (Å²) in [6.45, 7) is 0. The van der Waals surface area contributed by atoms with Crippen LogP contribution >= 0.6 is 34.9 Å². The Morgan fingerprint density at radius 1 is 1.35 bits per heavy atom. The van der Waals surface area contributed by atoms with Crippen LogP contribution in [0.1, 0.15) is 17.3 Å². The largest absolute Gasteiger partial charge is 0.311 e. The smallest absolute Gasteiger partial charge is 0.0915 e. The quantitative estimate of drug-likeness (QED) is 0.937. The maximum atomic E-state index is 6.15. The van der Waals surface area contributed by atoms with Gasteiger partial charge in [0.1, 0.15) is 0 Å². The van der Waals surface area contributed by atoms with Crippen LogP contribution in [0.15, 0.2) is 24.4 Å². The van der Waals surface area contributed by atoms with Gasteiger partial charge in [-0.2, -0.15) is 8.75 Å². The molecule has 1 aromatic carbocycles. The molecule has 0 aliphatic rings. The van der Waals surface area contributed by atoms with E-state index in [1.807, 2.05) is 25.2 Å². The zero-order valence-corrected chi connectivity index (χ0v) is 11.5. The number of rotatable bonds is 4. The summed E-state index contributed by atoms with van der Waals surface area (Å²) >= 11 is 13.5. The second-order valence-electron chi connectivity index (χ2n) is 3.58. The lowest BCUT2D eigenvalue weighted by Crippen LogP contribution is -2.19. The lowest BCUT2D eigenvalue weighted by Gasteiger charge is -2.15. The molecule has 1 aromatic heterocycles. The molecular weight excluding hydrogens is 277 g/mol. The Hall–Kier alpha value is -0.680. The summed E-state index contributed by atoms with van der Waals surface area (Å²) in [5, 5.41) is 4.56. The molecule has 1 atom stereocenters. The van der Waals surface area contributed by atoms with Gasteiger partial charge in [0.2, 0.25) is 0 Å². The van der Waals surface area contributed by atoms with Gasteiger partial charge in [0, 0.05) is 10.0 Å². The molecule has 0 bridgehead atoms. The Kier molecular flexibility index (Phi) is 4.34. The lowest BCUT2D eigenvalue weighted by atomic mass is 10.0. The highest BCUT2D eigenvalue weighted by Crippen LogP contribution is 2.28. The fourth-order valence-electron chi connectivity index (χ4n) is 1.61. The molecule has 0 spiro atoms. The minimum absolute atomic E-state index is 0.0751. The maximum absolute atomic E-state index is 6.15. The first-order valence-corrected chi connectivity index (χ1v) is 6.58. The molecule has 0 radical (unpaired) electrons. The van der Waals surface area contributed by atoms with Crippen molar-refractivity contribution in [3.63, 3.8) is 0 Å². The molecule has 1 unspecified atom stereocenters.